The lowest BCUT2D eigenvalue weighted by Gasteiger charge is -2.35. The molecule has 1 aromatic heterocycles. The lowest BCUT2D eigenvalue weighted by molar-refractivity contribution is -0.385. The number of anilines is 1. The Bertz CT molecular complexity index is 1240. The number of rotatable bonds is 4. The maximum absolute atomic E-state index is 14.4. The van der Waals surface area contributed by atoms with Crippen LogP contribution in [0.5, 0.6) is 0 Å². The number of pyridine rings is 1. The molecule has 0 aliphatic carbocycles. The quantitative estimate of drug-likeness (QED) is 0.463. The Morgan fingerprint density at radius 1 is 1.00 bits per heavy atom. The van der Waals surface area contributed by atoms with Gasteiger partial charge in [-0.05, 0) is 24.3 Å². The van der Waals surface area contributed by atoms with Crippen LogP contribution in [0.3, 0.4) is 0 Å². The van der Waals surface area contributed by atoms with Gasteiger partial charge in [-0.3, -0.25) is 15.1 Å². The fourth-order valence-electron chi connectivity index (χ4n) is 3.52. The van der Waals surface area contributed by atoms with E-state index in [1.54, 1.807) is 11.0 Å². The van der Waals surface area contributed by atoms with Gasteiger partial charge in [-0.2, -0.15) is 4.31 Å². The Kier molecular flexibility index (Phi) is 5.08. The summed E-state index contributed by atoms with van der Waals surface area (Å²) in [5, 5.41) is 11.0. The number of piperazine rings is 1. The first-order valence-electron chi connectivity index (χ1n) is 9.01. The van der Waals surface area contributed by atoms with E-state index in [2.05, 4.69) is 4.98 Å². The van der Waals surface area contributed by atoms with Crippen LogP contribution in [0.25, 0.3) is 10.9 Å². The molecular weight excluding hydrogens is 418 g/mol. The lowest BCUT2D eigenvalue weighted by Crippen LogP contribution is -2.48. The van der Waals surface area contributed by atoms with Crippen LogP contribution in [0.4, 0.5) is 20.2 Å². The number of benzene rings is 2. The summed E-state index contributed by atoms with van der Waals surface area (Å²) in [5.74, 6) is -1.25. The lowest BCUT2D eigenvalue weighted by atomic mass is 10.1. The second-order valence-corrected chi connectivity index (χ2v) is 8.67. The van der Waals surface area contributed by atoms with Crippen molar-refractivity contribution < 1.29 is 22.1 Å². The van der Waals surface area contributed by atoms with Crippen LogP contribution in [0.2, 0.25) is 0 Å². The summed E-state index contributed by atoms with van der Waals surface area (Å²) in [4.78, 5) is 15.8. The first kappa shape index (κ1) is 20.1. The minimum absolute atomic E-state index is 0.0486. The molecule has 0 atom stereocenters. The highest BCUT2D eigenvalue weighted by molar-refractivity contribution is 7.89. The molecule has 0 radical (unpaired) electrons. The zero-order valence-electron chi connectivity index (χ0n) is 15.5. The van der Waals surface area contributed by atoms with Crippen molar-refractivity contribution in [2.75, 3.05) is 31.1 Å². The molecule has 4 rings (SSSR count). The molecular formula is C19H16F2N4O4S. The fourth-order valence-corrected chi connectivity index (χ4v) is 4.98. The van der Waals surface area contributed by atoms with E-state index in [-0.39, 0.29) is 47.7 Å². The van der Waals surface area contributed by atoms with Crippen molar-refractivity contribution >= 4 is 32.3 Å². The number of aromatic nitrogens is 1. The van der Waals surface area contributed by atoms with Gasteiger partial charge < -0.3 is 4.90 Å². The highest BCUT2D eigenvalue weighted by Gasteiger charge is 2.30. The van der Waals surface area contributed by atoms with E-state index >= 15 is 0 Å². The number of non-ortho nitro benzene ring substituents is 1. The zero-order chi connectivity index (χ0) is 21.5. The molecule has 8 nitrogen and oxygen atoms in total. The van der Waals surface area contributed by atoms with Crippen LogP contribution in [-0.4, -0.2) is 48.8 Å². The van der Waals surface area contributed by atoms with Crippen molar-refractivity contribution in [1.29, 1.82) is 0 Å². The van der Waals surface area contributed by atoms with Gasteiger partial charge >= 0.3 is 0 Å². The number of halogens is 2. The second-order valence-electron chi connectivity index (χ2n) is 6.73. The van der Waals surface area contributed by atoms with E-state index in [0.29, 0.717) is 5.69 Å². The third kappa shape index (κ3) is 3.46. The van der Waals surface area contributed by atoms with E-state index in [1.807, 2.05) is 0 Å². The maximum atomic E-state index is 14.4. The molecule has 0 N–H and O–H groups in total. The normalized spacial score (nSPS) is 15.5. The molecule has 0 spiro atoms. The smallest absolute Gasteiger partial charge is 0.270 e. The predicted molar refractivity (Wildman–Crippen MR) is 106 cm³/mol. The Labute approximate surface area is 170 Å². The number of fused-ring (bicyclic) bond motifs is 1. The summed E-state index contributed by atoms with van der Waals surface area (Å²) < 4.78 is 55.4. The first-order valence-corrected chi connectivity index (χ1v) is 10.5. The Morgan fingerprint density at radius 2 is 1.70 bits per heavy atom. The van der Waals surface area contributed by atoms with Crippen molar-refractivity contribution in [1.82, 2.24) is 9.29 Å². The fraction of sp³-hybridized carbons (Fsp3) is 0.211. The molecule has 156 valence electrons. The van der Waals surface area contributed by atoms with E-state index in [4.69, 9.17) is 0 Å². The van der Waals surface area contributed by atoms with Crippen LogP contribution in [0.15, 0.2) is 53.6 Å². The topological polar surface area (TPSA) is 96.6 Å². The largest absolute Gasteiger partial charge is 0.368 e. The van der Waals surface area contributed by atoms with Crippen LogP contribution in [0, 0.1) is 21.7 Å². The Balaban J connectivity index is 1.59. The Hall–Kier alpha value is -3.18. The molecule has 0 amide bonds. The van der Waals surface area contributed by atoms with Gasteiger partial charge in [0.25, 0.3) is 5.69 Å². The number of hydrogen-bond donors (Lipinski definition) is 0. The van der Waals surface area contributed by atoms with Crippen molar-refractivity contribution in [2.45, 2.75) is 4.90 Å². The van der Waals surface area contributed by atoms with Gasteiger partial charge in [0.2, 0.25) is 10.0 Å². The molecule has 30 heavy (non-hydrogen) atoms. The molecule has 1 aliphatic rings. The molecule has 2 aromatic carbocycles. The van der Waals surface area contributed by atoms with Crippen molar-refractivity contribution in [2.24, 2.45) is 0 Å². The molecule has 0 saturated carbocycles. The summed E-state index contributed by atoms with van der Waals surface area (Å²) >= 11 is 0. The summed E-state index contributed by atoms with van der Waals surface area (Å²) in [6, 6.07) is 8.49. The maximum Gasteiger partial charge on any atom is 0.270 e. The van der Waals surface area contributed by atoms with E-state index < -0.39 is 26.6 Å². The van der Waals surface area contributed by atoms with Gasteiger partial charge in [0.05, 0.1) is 20.9 Å². The van der Waals surface area contributed by atoms with Crippen LogP contribution in [-0.2, 0) is 10.0 Å². The van der Waals surface area contributed by atoms with E-state index in [1.165, 1.54) is 28.7 Å². The summed E-state index contributed by atoms with van der Waals surface area (Å²) in [7, 11) is -3.93. The minimum atomic E-state index is -3.93. The van der Waals surface area contributed by atoms with Crippen molar-refractivity contribution in [3.8, 4) is 0 Å². The third-order valence-electron chi connectivity index (χ3n) is 5.02. The van der Waals surface area contributed by atoms with Gasteiger partial charge in [0.1, 0.15) is 17.2 Å². The summed E-state index contributed by atoms with van der Waals surface area (Å²) in [5.41, 5.74) is 0.0408. The summed E-state index contributed by atoms with van der Waals surface area (Å²) in [6.07, 6.45) is 1.38. The average Bonchev–Trinajstić information content (AvgIpc) is 2.76. The number of nitro benzene ring substituents is 1. The molecule has 1 saturated heterocycles. The summed E-state index contributed by atoms with van der Waals surface area (Å²) in [6.45, 7) is 0.657. The van der Waals surface area contributed by atoms with E-state index in [0.717, 1.165) is 18.2 Å². The van der Waals surface area contributed by atoms with Crippen molar-refractivity contribution in [3.63, 3.8) is 0 Å². The molecule has 3 aromatic rings. The minimum Gasteiger partial charge on any atom is -0.368 e. The SMILES string of the molecule is O=[N+]([O-])c1cccc(S(=O)(=O)N2CCN(c3ccnc4c(F)ccc(F)c34)CC2)c1. The molecule has 1 aliphatic heterocycles. The van der Waals surface area contributed by atoms with Crippen LogP contribution in [0.1, 0.15) is 0 Å². The number of hydrogen-bond acceptors (Lipinski definition) is 6. The van der Waals surface area contributed by atoms with Crippen LogP contribution >= 0.6 is 0 Å². The van der Waals surface area contributed by atoms with Crippen LogP contribution < -0.4 is 4.90 Å². The number of sulfonamides is 1. The molecule has 11 heteroatoms. The second kappa shape index (κ2) is 7.58. The number of nitro groups is 1. The standard InChI is InChI=1S/C19H16F2N4O4S/c20-15-4-5-16(21)19-18(15)17(6-7-22-19)23-8-10-24(11-9-23)30(28,29)14-3-1-2-13(12-14)25(26)27/h1-7,12H,8-11H2. The number of nitrogens with zero attached hydrogens (tertiary/aromatic N) is 4. The molecule has 0 bridgehead atoms. The highest BCUT2D eigenvalue weighted by Crippen LogP contribution is 2.31. The third-order valence-corrected chi connectivity index (χ3v) is 6.91. The average molecular weight is 434 g/mol. The first-order chi connectivity index (χ1) is 14.3. The van der Waals surface area contributed by atoms with Gasteiger partial charge in [0, 0.05) is 44.5 Å². The van der Waals surface area contributed by atoms with Gasteiger partial charge in [-0.25, -0.2) is 17.2 Å². The zero-order valence-corrected chi connectivity index (χ0v) is 16.3. The highest BCUT2D eigenvalue weighted by atomic mass is 32.2. The van der Waals surface area contributed by atoms with Crippen molar-refractivity contribution in [3.05, 3.63) is 70.4 Å². The molecule has 2 heterocycles. The van der Waals surface area contributed by atoms with Gasteiger partial charge in [-0.1, -0.05) is 6.07 Å². The van der Waals surface area contributed by atoms with Gasteiger partial charge in [-0.15, -0.1) is 0 Å². The molecule has 1 fully saturated rings. The molecule has 0 unspecified atom stereocenters. The Morgan fingerprint density at radius 3 is 2.40 bits per heavy atom. The van der Waals surface area contributed by atoms with E-state index in [9.17, 15) is 27.3 Å². The predicted octanol–water partition coefficient (Wildman–Crippen LogP) is 2.93. The monoisotopic (exact) mass is 434 g/mol. The van der Waals surface area contributed by atoms with Gasteiger partial charge in [0.15, 0.2) is 0 Å².